The van der Waals surface area contributed by atoms with E-state index >= 15 is 0 Å². The number of aromatic nitrogens is 1. The van der Waals surface area contributed by atoms with Crippen molar-refractivity contribution >= 4 is 22.8 Å². The Kier molecular flexibility index (Phi) is 4.59. The Morgan fingerprint density at radius 3 is 2.33 bits per heavy atom. The fraction of sp³-hybridized carbons (Fsp3) is 0.227. The average Bonchev–Trinajstić information content (AvgIpc) is 2.91. The molecule has 0 saturated carbocycles. The van der Waals surface area contributed by atoms with Crippen molar-refractivity contribution in [3.63, 3.8) is 0 Å². The lowest BCUT2D eigenvalue weighted by atomic mass is 9.99. The molecule has 27 heavy (non-hydrogen) atoms. The van der Waals surface area contributed by atoms with E-state index in [2.05, 4.69) is 6.07 Å². The monoisotopic (exact) mass is 360 g/mol. The van der Waals surface area contributed by atoms with Crippen LogP contribution in [-0.2, 0) is 4.74 Å². The van der Waals surface area contributed by atoms with Gasteiger partial charge in [-0.3, -0.25) is 4.79 Å². The van der Waals surface area contributed by atoms with Gasteiger partial charge in [0.2, 0.25) is 0 Å². The van der Waals surface area contributed by atoms with Crippen LogP contribution in [-0.4, -0.2) is 22.0 Å². The van der Waals surface area contributed by atoms with Gasteiger partial charge < -0.3 is 4.74 Å². The molecule has 5 heteroatoms. The van der Waals surface area contributed by atoms with Crippen molar-refractivity contribution < 1.29 is 14.3 Å². The van der Waals surface area contributed by atoms with E-state index < -0.39 is 11.7 Å². The lowest BCUT2D eigenvalue weighted by Gasteiger charge is -2.20. The molecular weight excluding hydrogens is 340 g/mol. The summed E-state index contributed by atoms with van der Waals surface area (Å²) in [6, 6.07) is 15.9. The van der Waals surface area contributed by atoms with Gasteiger partial charge in [0.1, 0.15) is 5.60 Å². The molecule has 2 aromatic carbocycles. The number of ether oxygens (including phenoxy) is 1. The molecule has 0 unspecified atom stereocenters. The van der Waals surface area contributed by atoms with Crippen LogP contribution >= 0.6 is 0 Å². The van der Waals surface area contributed by atoms with E-state index in [1.165, 1.54) is 4.57 Å². The smallest absolute Gasteiger partial charge is 0.419 e. The van der Waals surface area contributed by atoms with E-state index in [4.69, 9.17) is 4.74 Å². The molecule has 1 heterocycles. The lowest BCUT2D eigenvalue weighted by molar-refractivity contribution is 0.0541. The molecular formula is C22H20N2O3. The Morgan fingerprint density at radius 2 is 1.74 bits per heavy atom. The second-order valence-electron chi connectivity index (χ2n) is 7.32. The Hall–Kier alpha value is -3.39. The maximum absolute atomic E-state index is 13.2. The third-order valence-corrected chi connectivity index (χ3v) is 4.17. The first kappa shape index (κ1) is 18.4. The number of carbonyl (C=O) groups excluding carboxylic acids is 2. The highest BCUT2D eigenvalue weighted by Gasteiger charge is 2.27. The van der Waals surface area contributed by atoms with Crippen molar-refractivity contribution in [2.24, 2.45) is 0 Å². The van der Waals surface area contributed by atoms with Gasteiger partial charge in [-0.2, -0.15) is 5.26 Å². The van der Waals surface area contributed by atoms with Crippen LogP contribution in [0.5, 0.6) is 0 Å². The van der Waals surface area contributed by atoms with Crippen LogP contribution in [0.4, 0.5) is 4.79 Å². The number of hydrogen-bond acceptors (Lipinski definition) is 4. The van der Waals surface area contributed by atoms with Gasteiger partial charge in [0.05, 0.1) is 22.7 Å². The number of nitrogens with zero attached hydrogens (tertiary/aromatic N) is 2. The number of nitriles is 1. The number of hydrogen-bond donors (Lipinski definition) is 0. The minimum absolute atomic E-state index is 0.199. The largest absolute Gasteiger partial charge is 0.443 e. The molecule has 0 radical (unpaired) electrons. The molecule has 136 valence electrons. The summed E-state index contributed by atoms with van der Waals surface area (Å²) >= 11 is 0. The fourth-order valence-electron chi connectivity index (χ4n) is 3.05. The van der Waals surface area contributed by atoms with Crippen LogP contribution in [0, 0.1) is 18.3 Å². The summed E-state index contributed by atoms with van der Waals surface area (Å²) in [5, 5.41) is 9.81. The second-order valence-corrected chi connectivity index (χ2v) is 7.32. The third-order valence-electron chi connectivity index (χ3n) is 4.17. The molecule has 0 spiro atoms. The molecule has 0 aliphatic heterocycles. The lowest BCUT2D eigenvalue weighted by Crippen LogP contribution is -2.27. The summed E-state index contributed by atoms with van der Waals surface area (Å²) in [7, 11) is 0. The molecule has 0 amide bonds. The van der Waals surface area contributed by atoms with Gasteiger partial charge in [0.25, 0.3) is 0 Å². The molecule has 0 bridgehead atoms. The topological polar surface area (TPSA) is 72.1 Å². The fourth-order valence-corrected chi connectivity index (χ4v) is 3.05. The zero-order chi connectivity index (χ0) is 19.8. The van der Waals surface area contributed by atoms with Gasteiger partial charge in [0.15, 0.2) is 5.78 Å². The van der Waals surface area contributed by atoms with Crippen molar-refractivity contribution in [2.45, 2.75) is 33.3 Å². The van der Waals surface area contributed by atoms with E-state index in [1.807, 2.05) is 6.07 Å². The van der Waals surface area contributed by atoms with Crippen LogP contribution in [0.3, 0.4) is 0 Å². The summed E-state index contributed by atoms with van der Waals surface area (Å²) in [6.45, 7) is 7.08. The van der Waals surface area contributed by atoms with Gasteiger partial charge in [-0.25, -0.2) is 9.36 Å². The maximum atomic E-state index is 13.2. The first-order chi connectivity index (χ1) is 12.7. The SMILES string of the molecule is Cc1c(C(=O)c2ccccc2)c2cc(C#N)ccc2n1C(=O)OC(C)(C)C. The highest BCUT2D eigenvalue weighted by atomic mass is 16.6. The van der Waals surface area contributed by atoms with Crippen LogP contribution in [0.25, 0.3) is 10.9 Å². The predicted molar refractivity (Wildman–Crippen MR) is 103 cm³/mol. The zero-order valence-corrected chi connectivity index (χ0v) is 15.7. The zero-order valence-electron chi connectivity index (χ0n) is 15.7. The van der Waals surface area contributed by atoms with Gasteiger partial charge in [-0.1, -0.05) is 30.3 Å². The van der Waals surface area contributed by atoms with E-state index in [0.29, 0.717) is 33.3 Å². The van der Waals surface area contributed by atoms with E-state index in [9.17, 15) is 14.9 Å². The Bertz CT molecular complexity index is 1080. The quantitative estimate of drug-likeness (QED) is 0.613. The van der Waals surface area contributed by atoms with Gasteiger partial charge >= 0.3 is 6.09 Å². The number of ketones is 1. The standard InChI is InChI=1S/C22H20N2O3/c1-14-19(20(25)16-8-6-5-7-9-16)17-12-15(13-23)10-11-18(17)24(14)21(26)27-22(2,3)4/h5-12H,1-4H3. The van der Waals surface area contributed by atoms with Crippen molar-refractivity contribution in [3.8, 4) is 6.07 Å². The molecule has 3 aromatic rings. The molecule has 0 fully saturated rings. The molecule has 5 nitrogen and oxygen atoms in total. The Balaban J connectivity index is 2.27. The van der Waals surface area contributed by atoms with Crippen molar-refractivity contribution in [2.75, 3.05) is 0 Å². The second kappa shape index (κ2) is 6.73. The van der Waals surface area contributed by atoms with E-state index in [1.54, 1.807) is 70.2 Å². The summed E-state index contributed by atoms with van der Waals surface area (Å²) in [6.07, 6.45) is -0.554. The van der Waals surface area contributed by atoms with Crippen LogP contribution in [0.2, 0.25) is 0 Å². The molecule has 0 N–H and O–H groups in total. The van der Waals surface area contributed by atoms with Crippen molar-refractivity contribution in [1.82, 2.24) is 4.57 Å². The summed E-state index contributed by atoms with van der Waals surface area (Å²) in [5.41, 5.74) is 1.70. The highest BCUT2D eigenvalue weighted by molar-refractivity contribution is 6.18. The van der Waals surface area contributed by atoms with Crippen LogP contribution in [0.15, 0.2) is 48.5 Å². The average molecular weight is 360 g/mol. The van der Waals surface area contributed by atoms with Crippen LogP contribution in [0.1, 0.15) is 48.0 Å². The summed E-state index contributed by atoms with van der Waals surface area (Å²) in [4.78, 5) is 25.9. The predicted octanol–water partition coefficient (Wildman–Crippen LogP) is 4.84. The normalized spacial score (nSPS) is 11.2. The minimum atomic E-state index is -0.670. The molecule has 0 saturated heterocycles. The molecule has 0 aliphatic carbocycles. The van der Waals surface area contributed by atoms with Crippen molar-refractivity contribution in [3.05, 3.63) is 70.9 Å². The first-order valence-electron chi connectivity index (χ1n) is 8.61. The van der Waals surface area contributed by atoms with Gasteiger partial charge in [0, 0.05) is 16.6 Å². The minimum Gasteiger partial charge on any atom is -0.443 e. The van der Waals surface area contributed by atoms with Gasteiger partial charge in [-0.05, 0) is 45.9 Å². The summed E-state index contributed by atoms with van der Waals surface area (Å²) in [5.74, 6) is -0.199. The van der Waals surface area contributed by atoms with E-state index in [0.717, 1.165) is 0 Å². The van der Waals surface area contributed by atoms with Gasteiger partial charge in [-0.15, -0.1) is 0 Å². The van der Waals surface area contributed by atoms with Crippen molar-refractivity contribution in [1.29, 1.82) is 5.26 Å². The first-order valence-corrected chi connectivity index (χ1v) is 8.61. The number of benzene rings is 2. The molecule has 0 aliphatic rings. The molecule has 1 aromatic heterocycles. The number of fused-ring (bicyclic) bond motifs is 1. The third kappa shape index (κ3) is 3.47. The number of rotatable bonds is 2. The highest BCUT2D eigenvalue weighted by Crippen LogP contribution is 2.30. The molecule has 3 rings (SSSR count). The molecule has 0 atom stereocenters. The number of carbonyl (C=O) groups is 2. The Labute approximate surface area is 157 Å². The Morgan fingerprint density at radius 1 is 1.07 bits per heavy atom. The van der Waals surface area contributed by atoms with E-state index in [-0.39, 0.29) is 5.78 Å². The maximum Gasteiger partial charge on any atom is 0.419 e. The summed E-state index contributed by atoms with van der Waals surface area (Å²) < 4.78 is 6.92. The van der Waals surface area contributed by atoms with Crippen LogP contribution < -0.4 is 0 Å².